The summed E-state index contributed by atoms with van der Waals surface area (Å²) in [5.41, 5.74) is 1.48. The third-order valence-electron chi connectivity index (χ3n) is 4.93. The number of hydrogen-bond donors (Lipinski definition) is 1. The molecule has 1 saturated heterocycles. The predicted octanol–water partition coefficient (Wildman–Crippen LogP) is 4.80. The smallest absolute Gasteiger partial charge is 0.0333 e. The van der Waals surface area contributed by atoms with E-state index in [1.54, 1.807) is 0 Å². The molecule has 1 N–H and O–H groups in total. The maximum atomic E-state index is 3.45. The van der Waals surface area contributed by atoms with Crippen LogP contribution in [0.1, 0.15) is 18.5 Å². The maximum Gasteiger partial charge on any atom is 0.0333 e. The van der Waals surface area contributed by atoms with Crippen molar-refractivity contribution in [2.24, 2.45) is 0 Å². The molecule has 1 fully saturated rings. The molecule has 4 rings (SSSR count). The molecule has 0 amide bonds. The molecule has 0 unspecified atom stereocenters. The Morgan fingerprint density at radius 1 is 0.833 bits per heavy atom. The first-order valence-electron chi connectivity index (χ1n) is 8.20. The first-order chi connectivity index (χ1) is 10.8. The lowest BCUT2D eigenvalue weighted by atomic mass is 9.92. The molecule has 1 atom stereocenters. The molecule has 24 heavy (non-hydrogen) atoms. The van der Waals surface area contributed by atoms with Crippen LogP contribution in [0.2, 0.25) is 0 Å². The molecule has 1 heterocycles. The number of piperazine rings is 1. The van der Waals surface area contributed by atoms with E-state index in [1.807, 2.05) is 0 Å². The predicted molar refractivity (Wildman–Crippen MR) is 109 cm³/mol. The molecular weight excluding hydrogens is 339 g/mol. The van der Waals surface area contributed by atoms with Crippen molar-refractivity contribution in [2.75, 3.05) is 26.2 Å². The van der Waals surface area contributed by atoms with Gasteiger partial charge in [0.15, 0.2) is 0 Å². The molecule has 1 aliphatic heterocycles. The van der Waals surface area contributed by atoms with Crippen molar-refractivity contribution in [1.82, 2.24) is 10.2 Å². The summed E-state index contributed by atoms with van der Waals surface area (Å²) < 4.78 is 0. The number of rotatable bonds is 2. The van der Waals surface area contributed by atoms with Gasteiger partial charge < -0.3 is 5.32 Å². The lowest BCUT2D eigenvalue weighted by molar-refractivity contribution is 0.187. The minimum atomic E-state index is 0. The summed E-state index contributed by atoms with van der Waals surface area (Å²) in [6, 6.07) is 20.4. The Kier molecular flexibility index (Phi) is 6.47. The zero-order valence-electron chi connectivity index (χ0n) is 13.9. The fourth-order valence-electron chi connectivity index (χ4n) is 3.75. The standard InChI is InChI=1S/C20H22N2.2ClH/c1-15(22-12-10-21-11-13-22)20-18-8-4-2-6-16(18)14-17-7-3-5-9-19(17)20;;/h2-9,14-15,21H,10-13H2,1H3;2*1H/t15-;;/m0../s1. The molecule has 0 aliphatic carbocycles. The van der Waals surface area contributed by atoms with Crippen LogP contribution >= 0.6 is 24.8 Å². The topological polar surface area (TPSA) is 15.3 Å². The normalized spacial score (nSPS) is 16.4. The Balaban J connectivity index is 0.00000104. The summed E-state index contributed by atoms with van der Waals surface area (Å²) in [5, 5.41) is 8.94. The van der Waals surface area contributed by atoms with Crippen LogP contribution in [0.3, 0.4) is 0 Å². The molecule has 0 aromatic heterocycles. The van der Waals surface area contributed by atoms with Gasteiger partial charge in [0.05, 0.1) is 0 Å². The first kappa shape index (κ1) is 19.0. The highest BCUT2D eigenvalue weighted by Gasteiger charge is 2.21. The van der Waals surface area contributed by atoms with Crippen LogP contribution in [0.5, 0.6) is 0 Å². The molecule has 0 spiro atoms. The first-order valence-corrected chi connectivity index (χ1v) is 8.20. The van der Waals surface area contributed by atoms with E-state index in [-0.39, 0.29) is 24.8 Å². The summed E-state index contributed by atoms with van der Waals surface area (Å²) in [4.78, 5) is 2.60. The summed E-state index contributed by atoms with van der Waals surface area (Å²) in [6.45, 7) is 6.79. The Bertz CT molecular complexity index is 759. The molecule has 1 aliphatic rings. The maximum absolute atomic E-state index is 3.45. The van der Waals surface area contributed by atoms with E-state index in [4.69, 9.17) is 0 Å². The number of halogens is 2. The summed E-state index contributed by atoms with van der Waals surface area (Å²) in [7, 11) is 0. The zero-order valence-corrected chi connectivity index (χ0v) is 15.5. The van der Waals surface area contributed by atoms with Crippen LogP contribution in [-0.4, -0.2) is 31.1 Å². The van der Waals surface area contributed by atoms with Crippen LogP contribution in [0.25, 0.3) is 21.5 Å². The van der Waals surface area contributed by atoms with Gasteiger partial charge in [-0.3, -0.25) is 4.90 Å². The van der Waals surface area contributed by atoms with E-state index in [2.05, 4.69) is 71.7 Å². The number of fused-ring (bicyclic) bond motifs is 2. The Morgan fingerprint density at radius 2 is 1.33 bits per heavy atom. The van der Waals surface area contributed by atoms with Gasteiger partial charge in [-0.15, -0.1) is 24.8 Å². The van der Waals surface area contributed by atoms with Crippen molar-refractivity contribution < 1.29 is 0 Å². The molecule has 4 heteroatoms. The van der Waals surface area contributed by atoms with E-state index in [0.717, 1.165) is 26.2 Å². The van der Waals surface area contributed by atoms with Crippen LogP contribution in [0, 0.1) is 0 Å². The van der Waals surface area contributed by atoms with Gasteiger partial charge in [-0.2, -0.15) is 0 Å². The summed E-state index contributed by atoms with van der Waals surface area (Å²) in [5.74, 6) is 0. The molecule has 2 nitrogen and oxygen atoms in total. The fourth-order valence-corrected chi connectivity index (χ4v) is 3.75. The SMILES string of the molecule is C[C@@H](c1c2ccccc2cc2ccccc12)N1CCNCC1.Cl.Cl. The second-order valence-corrected chi connectivity index (χ2v) is 6.19. The molecular formula is C20H24Cl2N2. The van der Waals surface area contributed by atoms with Crippen molar-refractivity contribution in [3.05, 3.63) is 60.2 Å². The van der Waals surface area contributed by atoms with Crippen LogP contribution in [0.15, 0.2) is 54.6 Å². The van der Waals surface area contributed by atoms with Crippen molar-refractivity contribution in [3.63, 3.8) is 0 Å². The zero-order chi connectivity index (χ0) is 14.9. The minimum Gasteiger partial charge on any atom is -0.314 e. The van der Waals surface area contributed by atoms with Crippen molar-refractivity contribution in [2.45, 2.75) is 13.0 Å². The number of nitrogens with zero attached hydrogens (tertiary/aromatic N) is 1. The Hall–Kier alpha value is -1.32. The van der Waals surface area contributed by atoms with E-state index in [1.165, 1.54) is 27.1 Å². The average molecular weight is 363 g/mol. The van der Waals surface area contributed by atoms with E-state index >= 15 is 0 Å². The lowest BCUT2D eigenvalue weighted by Gasteiger charge is -2.34. The molecule has 3 aromatic carbocycles. The lowest BCUT2D eigenvalue weighted by Crippen LogP contribution is -2.44. The number of benzene rings is 3. The van der Waals surface area contributed by atoms with Gasteiger partial charge in [0, 0.05) is 32.2 Å². The van der Waals surface area contributed by atoms with E-state index < -0.39 is 0 Å². The summed E-state index contributed by atoms with van der Waals surface area (Å²) in [6.07, 6.45) is 0. The van der Waals surface area contributed by atoms with Gasteiger partial charge >= 0.3 is 0 Å². The monoisotopic (exact) mass is 362 g/mol. The average Bonchev–Trinajstić information content (AvgIpc) is 2.60. The highest BCUT2D eigenvalue weighted by atomic mass is 35.5. The fraction of sp³-hybridized carbons (Fsp3) is 0.300. The highest BCUT2D eigenvalue weighted by molar-refractivity contribution is 6.02. The minimum absolute atomic E-state index is 0. The quantitative estimate of drug-likeness (QED) is 0.658. The molecule has 0 bridgehead atoms. The molecule has 128 valence electrons. The van der Waals surface area contributed by atoms with Crippen molar-refractivity contribution in [1.29, 1.82) is 0 Å². The Labute approximate surface area is 156 Å². The highest BCUT2D eigenvalue weighted by Crippen LogP contribution is 2.35. The van der Waals surface area contributed by atoms with Gasteiger partial charge in [-0.1, -0.05) is 48.5 Å². The number of hydrogen-bond acceptors (Lipinski definition) is 2. The van der Waals surface area contributed by atoms with Gasteiger partial charge in [-0.05, 0) is 40.1 Å². The summed E-state index contributed by atoms with van der Waals surface area (Å²) >= 11 is 0. The van der Waals surface area contributed by atoms with E-state index in [9.17, 15) is 0 Å². The Morgan fingerprint density at radius 3 is 1.88 bits per heavy atom. The van der Waals surface area contributed by atoms with Gasteiger partial charge in [-0.25, -0.2) is 0 Å². The van der Waals surface area contributed by atoms with Gasteiger partial charge in [0.2, 0.25) is 0 Å². The largest absolute Gasteiger partial charge is 0.314 e. The molecule has 0 radical (unpaired) electrons. The second kappa shape index (κ2) is 8.17. The van der Waals surface area contributed by atoms with Crippen molar-refractivity contribution >= 4 is 46.4 Å². The second-order valence-electron chi connectivity index (χ2n) is 6.19. The molecule has 0 saturated carbocycles. The third-order valence-corrected chi connectivity index (χ3v) is 4.93. The third kappa shape index (κ3) is 3.38. The van der Waals surface area contributed by atoms with Crippen LogP contribution in [0.4, 0.5) is 0 Å². The van der Waals surface area contributed by atoms with Crippen molar-refractivity contribution in [3.8, 4) is 0 Å². The van der Waals surface area contributed by atoms with E-state index in [0.29, 0.717) is 6.04 Å². The van der Waals surface area contributed by atoms with Gasteiger partial charge in [0.25, 0.3) is 0 Å². The molecule has 3 aromatic rings. The van der Waals surface area contributed by atoms with Crippen LogP contribution < -0.4 is 5.32 Å². The van der Waals surface area contributed by atoms with Gasteiger partial charge in [0.1, 0.15) is 0 Å². The number of nitrogens with one attached hydrogen (secondary N) is 1. The van der Waals surface area contributed by atoms with Crippen LogP contribution in [-0.2, 0) is 0 Å².